The van der Waals surface area contributed by atoms with E-state index in [0.717, 1.165) is 43.3 Å². The first-order valence-corrected chi connectivity index (χ1v) is 11.9. The zero-order chi connectivity index (χ0) is 19.4. The molecule has 2 heteroatoms. The molecule has 1 aliphatic heterocycles. The van der Waals surface area contributed by atoms with Gasteiger partial charge in [-0.2, -0.15) is 0 Å². The highest BCUT2D eigenvalue weighted by molar-refractivity contribution is 5.24. The van der Waals surface area contributed by atoms with Crippen LogP contribution in [0.3, 0.4) is 0 Å². The molecule has 27 heavy (non-hydrogen) atoms. The molecule has 1 saturated heterocycles. The van der Waals surface area contributed by atoms with Gasteiger partial charge in [0.15, 0.2) is 5.79 Å². The summed E-state index contributed by atoms with van der Waals surface area (Å²) >= 11 is 0. The van der Waals surface area contributed by atoms with Gasteiger partial charge in [-0.3, -0.25) is 0 Å². The molecule has 0 radical (unpaired) electrons. The van der Waals surface area contributed by atoms with Crippen LogP contribution in [0.1, 0.15) is 86.5 Å². The average molecular weight is 375 g/mol. The number of allylic oxidation sites excluding steroid dienone is 2. The molecular formula is C25H42O2. The van der Waals surface area contributed by atoms with Crippen LogP contribution in [0.4, 0.5) is 0 Å². The van der Waals surface area contributed by atoms with Crippen LogP contribution in [0, 0.1) is 40.4 Å². The molecule has 0 aromatic heterocycles. The van der Waals surface area contributed by atoms with Crippen molar-refractivity contribution >= 4 is 0 Å². The molecule has 0 aromatic carbocycles. The lowest BCUT2D eigenvalue weighted by Gasteiger charge is -2.63. The van der Waals surface area contributed by atoms with Gasteiger partial charge in [0, 0.05) is 12.3 Å². The highest BCUT2D eigenvalue weighted by atomic mass is 16.7. The molecule has 154 valence electrons. The minimum atomic E-state index is -0.244. The molecule has 5 rings (SSSR count). The lowest BCUT2D eigenvalue weighted by molar-refractivity contribution is -0.262. The van der Waals surface area contributed by atoms with Crippen molar-refractivity contribution in [1.29, 1.82) is 0 Å². The fourth-order valence-electron chi connectivity index (χ4n) is 8.31. The van der Waals surface area contributed by atoms with Crippen LogP contribution in [0.5, 0.6) is 0 Å². The Balaban J connectivity index is 0.000000872. The van der Waals surface area contributed by atoms with Crippen molar-refractivity contribution in [2.45, 2.75) is 92.3 Å². The van der Waals surface area contributed by atoms with Gasteiger partial charge in [0.25, 0.3) is 0 Å². The summed E-state index contributed by atoms with van der Waals surface area (Å²) in [6.07, 6.45) is 12.0. The number of hydrogen-bond donors (Lipinski definition) is 0. The molecule has 5 aliphatic rings. The quantitative estimate of drug-likeness (QED) is 0.445. The van der Waals surface area contributed by atoms with Gasteiger partial charge >= 0.3 is 0 Å². The summed E-state index contributed by atoms with van der Waals surface area (Å²) in [7, 11) is 0. The third-order valence-electron chi connectivity index (χ3n) is 10.00. The van der Waals surface area contributed by atoms with E-state index in [2.05, 4.69) is 33.8 Å². The normalized spacial score (nSPS) is 50.1. The molecule has 4 aliphatic carbocycles. The molecule has 0 N–H and O–H groups in total. The Morgan fingerprint density at radius 1 is 0.889 bits per heavy atom. The van der Waals surface area contributed by atoms with E-state index in [4.69, 9.17) is 9.47 Å². The first-order chi connectivity index (χ1) is 12.9. The maximum atomic E-state index is 6.19. The number of ether oxygens (including phenoxy) is 2. The van der Waals surface area contributed by atoms with Crippen LogP contribution >= 0.6 is 0 Å². The molecule has 7 unspecified atom stereocenters. The predicted molar refractivity (Wildman–Crippen MR) is 111 cm³/mol. The lowest BCUT2D eigenvalue weighted by atomic mass is 9.43. The second-order valence-corrected chi connectivity index (χ2v) is 10.4. The van der Waals surface area contributed by atoms with Crippen LogP contribution in [-0.2, 0) is 9.47 Å². The van der Waals surface area contributed by atoms with Crippen LogP contribution in [0.15, 0.2) is 11.6 Å². The number of fused-ring (bicyclic) bond motifs is 5. The monoisotopic (exact) mass is 374 g/mol. The van der Waals surface area contributed by atoms with Gasteiger partial charge < -0.3 is 9.47 Å². The molecule has 0 bridgehead atoms. The maximum Gasteiger partial charge on any atom is 0.171 e. The SMILES string of the molecule is CC.CC1=CCC2C3CCC4C(C)C5(CCC4(C)C3CCC12C)OCCO5. The predicted octanol–water partition coefficient (Wildman–Crippen LogP) is 6.60. The van der Waals surface area contributed by atoms with Crippen LogP contribution in [0.25, 0.3) is 0 Å². The van der Waals surface area contributed by atoms with E-state index in [0.29, 0.717) is 16.7 Å². The molecule has 7 atom stereocenters. The zero-order valence-electron chi connectivity index (χ0n) is 18.6. The molecule has 1 spiro atoms. The van der Waals surface area contributed by atoms with Gasteiger partial charge in [0.1, 0.15) is 0 Å². The summed E-state index contributed by atoms with van der Waals surface area (Å²) in [6, 6.07) is 0. The van der Waals surface area contributed by atoms with Gasteiger partial charge in [0.2, 0.25) is 0 Å². The van der Waals surface area contributed by atoms with E-state index in [-0.39, 0.29) is 5.79 Å². The number of hydrogen-bond acceptors (Lipinski definition) is 2. The Hall–Kier alpha value is -0.340. The second-order valence-electron chi connectivity index (χ2n) is 10.4. The summed E-state index contributed by atoms with van der Waals surface area (Å²) in [5.41, 5.74) is 2.69. The largest absolute Gasteiger partial charge is 0.347 e. The summed E-state index contributed by atoms with van der Waals surface area (Å²) in [6.45, 7) is 15.6. The van der Waals surface area contributed by atoms with E-state index in [9.17, 15) is 0 Å². The van der Waals surface area contributed by atoms with Gasteiger partial charge in [-0.25, -0.2) is 0 Å². The minimum Gasteiger partial charge on any atom is -0.347 e. The van der Waals surface area contributed by atoms with E-state index in [1.165, 1.54) is 38.5 Å². The Kier molecular flexibility index (Phi) is 5.08. The zero-order valence-corrected chi connectivity index (χ0v) is 18.6. The Bertz CT molecular complexity index is 589. The van der Waals surface area contributed by atoms with Crippen molar-refractivity contribution in [1.82, 2.24) is 0 Å². The molecule has 3 saturated carbocycles. The third-order valence-corrected chi connectivity index (χ3v) is 10.00. The molecule has 4 fully saturated rings. The minimum absolute atomic E-state index is 0.244. The fraction of sp³-hybridized carbons (Fsp3) is 0.920. The number of rotatable bonds is 0. The van der Waals surface area contributed by atoms with Crippen molar-refractivity contribution < 1.29 is 9.47 Å². The smallest absolute Gasteiger partial charge is 0.171 e. The highest BCUT2D eigenvalue weighted by Crippen LogP contribution is 2.68. The summed E-state index contributed by atoms with van der Waals surface area (Å²) in [4.78, 5) is 0. The van der Waals surface area contributed by atoms with E-state index in [1.807, 2.05) is 13.8 Å². The van der Waals surface area contributed by atoms with Crippen molar-refractivity contribution in [2.24, 2.45) is 40.4 Å². The van der Waals surface area contributed by atoms with Crippen molar-refractivity contribution in [3.8, 4) is 0 Å². The molecular weight excluding hydrogens is 332 g/mol. The van der Waals surface area contributed by atoms with Crippen molar-refractivity contribution in [3.05, 3.63) is 11.6 Å². The maximum absolute atomic E-state index is 6.19. The molecule has 0 amide bonds. The molecule has 0 aromatic rings. The van der Waals surface area contributed by atoms with E-state index >= 15 is 0 Å². The first-order valence-electron chi connectivity index (χ1n) is 11.9. The van der Waals surface area contributed by atoms with Crippen molar-refractivity contribution in [3.63, 3.8) is 0 Å². The summed E-state index contributed by atoms with van der Waals surface area (Å²) < 4.78 is 12.4. The van der Waals surface area contributed by atoms with Gasteiger partial charge in [-0.05, 0) is 80.0 Å². The van der Waals surface area contributed by atoms with Gasteiger partial charge in [-0.15, -0.1) is 0 Å². The third kappa shape index (κ3) is 2.65. The Labute approximate surface area is 167 Å². The Morgan fingerprint density at radius 2 is 1.59 bits per heavy atom. The standard InChI is InChI=1S/C23H36O2.C2H6/c1-15-5-7-19-17-6-8-18-16(2)23(24-13-14-25-23)12-11-22(18,4)20(17)9-10-21(15,19)3;1-2/h5,16-20H,6-14H2,1-4H3;1-2H3. The average Bonchev–Trinajstić information content (AvgIpc) is 3.27. The van der Waals surface area contributed by atoms with E-state index < -0.39 is 0 Å². The van der Waals surface area contributed by atoms with Crippen LogP contribution in [0.2, 0.25) is 0 Å². The topological polar surface area (TPSA) is 18.5 Å². The van der Waals surface area contributed by atoms with Crippen LogP contribution < -0.4 is 0 Å². The first kappa shape index (κ1) is 20.0. The fourth-order valence-corrected chi connectivity index (χ4v) is 8.31. The molecule has 1 heterocycles. The molecule has 2 nitrogen and oxygen atoms in total. The second kappa shape index (κ2) is 6.87. The van der Waals surface area contributed by atoms with E-state index in [1.54, 1.807) is 5.57 Å². The summed E-state index contributed by atoms with van der Waals surface area (Å²) in [5.74, 6) is 3.86. The Morgan fingerprint density at radius 3 is 2.30 bits per heavy atom. The van der Waals surface area contributed by atoms with Crippen molar-refractivity contribution in [2.75, 3.05) is 13.2 Å². The highest BCUT2D eigenvalue weighted by Gasteiger charge is 2.62. The lowest BCUT2D eigenvalue weighted by Crippen LogP contribution is -2.59. The summed E-state index contributed by atoms with van der Waals surface area (Å²) in [5, 5.41) is 0. The van der Waals surface area contributed by atoms with Crippen LogP contribution in [-0.4, -0.2) is 19.0 Å². The van der Waals surface area contributed by atoms with Gasteiger partial charge in [-0.1, -0.05) is 46.3 Å². The van der Waals surface area contributed by atoms with Gasteiger partial charge in [0.05, 0.1) is 13.2 Å².